The summed E-state index contributed by atoms with van der Waals surface area (Å²) in [6.45, 7) is 4.47. The van der Waals surface area contributed by atoms with Crippen molar-refractivity contribution in [2.75, 3.05) is 13.2 Å². The van der Waals surface area contributed by atoms with Gasteiger partial charge in [-0.3, -0.25) is 4.79 Å². The fourth-order valence-corrected chi connectivity index (χ4v) is 2.00. The number of aromatic hydroxyl groups is 1. The van der Waals surface area contributed by atoms with Gasteiger partial charge in [0, 0.05) is 12.1 Å². The number of carbonyl (C=O) groups excluding carboxylic acids is 1. The first-order valence-corrected chi connectivity index (χ1v) is 6.34. The standard InChI is InChI=1S/C13H16ClNO4/c1-13(2)18-7-9(19-13)6-15-12(17)8-3-4-11(16)10(14)5-8/h3-5,9,16H,6-7H2,1-2H3,(H,15,17). The van der Waals surface area contributed by atoms with E-state index in [1.54, 1.807) is 0 Å². The highest BCUT2D eigenvalue weighted by Gasteiger charge is 2.32. The van der Waals surface area contributed by atoms with E-state index >= 15 is 0 Å². The van der Waals surface area contributed by atoms with Gasteiger partial charge in [0.15, 0.2) is 5.79 Å². The van der Waals surface area contributed by atoms with Crippen molar-refractivity contribution in [1.29, 1.82) is 0 Å². The molecule has 0 aliphatic carbocycles. The molecule has 1 aromatic carbocycles. The summed E-state index contributed by atoms with van der Waals surface area (Å²) < 4.78 is 11.0. The number of rotatable bonds is 3. The Balaban J connectivity index is 1.89. The molecule has 0 bridgehead atoms. The molecule has 0 spiro atoms. The lowest BCUT2D eigenvalue weighted by Gasteiger charge is -2.17. The lowest BCUT2D eigenvalue weighted by Crippen LogP contribution is -2.34. The van der Waals surface area contributed by atoms with Crippen LogP contribution >= 0.6 is 11.6 Å². The molecule has 0 radical (unpaired) electrons. The van der Waals surface area contributed by atoms with Crippen LogP contribution in [0.25, 0.3) is 0 Å². The minimum absolute atomic E-state index is 0.0486. The minimum Gasteiger partial charge on any atom is -0.506 e. The molecule has 2 rings (SSSR count). The van der Waals surface area contributed by atoms with Gasteiger partial charge in [-0.2, -0.15) is 0 Å². The van der Waals surface area contributed by atoms with E-state index in [1.165, 1.54) is 18.2 Å². The summed E-state index contributed by atoms with van der Waals surface area (Å²) in [5, 5.41) is 12.2. The molecule has 1 saturated heterocycles. The molecule has 19 heavy (non-hydrogen) atoms. The summed E-state index contributed by atoms with van der Waals surface area (Å²) in [5.41, 5.74) is 0.390. The minimum atomic E-state index is -0.600. The third-order valence-electron chi connectivity index (χ3n) is 2.77. The quantitative estimate of drug-likeness (QED) is 0.890. The highest BCUT2D eigenvalue weighted by atomic mass is 35.5. The van der Waals surface area contributed by atoms with Crippen molar-refractivity contribution in [2.45, 2.75) is 25.7 Å². The van der Waals surface area contributed by atoms with Crippen LogP contribution in [0.15, 0.2) is 18.2 Å². The Morgan fingerprint density at radius 2 is 2.32 bits per heavy atom. The highest BCUT2D eigenvalue weighted by Crippen LogP contribution is 2.24. The number of carbonyl (C=O) groups is 1. The summed E-state index contributed by atoms with van der Waals surface area (Å²) in [6, 6.07) is 4.31. The van der Waals surface area contributed by atoms with Gasteiger partial charge in [0.2, 0.25) is 0 Å². The first-order chi connectivity index (χ1) is 8.87. The number of amides is 1. The Labute approximate surface area is 116 Å². The van der Waals surface area contributed by atoms with E-state index in [1.807, 2.05) is 13.8 Å². The van der Waals surface area contributed by atoms with Gasteiger partial charge >= 0.3 is 0 Å². The maximum atomic E-state index is 11.9. The lowest BCUT2D eigenvalue weighted by atomic mass is 10.2. The van der Waals surface area contributed by atoms with E-state index in [0.29, 0.717) is 18.7 Å². The Bertz CT molecular complexity index is 490. The second-order valence-electron chi connectivity index (χ2n) is 4.83. The molecule has 6 heteroatoms. The maximum Gasteiger partial charge on any atom is 0.251 e. The Morgan fingerprint density at radius 3 is 2.89 bits per heavy atom. The number of benzene rings is 1. The molecule has 5 nitrogen and oxygen atoms in total. The molecule has 104 valence electrons. The third-order valence-corrected chi connectivity index (χ3v) is 3.07. The molecular formula is C13H16ClNO4. The first kappa shape index (κ1) is 14.1. The fourth-order valence-electron chi connectivity index (χ4n) is 1.82. The second-order valence-corrected chi connectivity index (χ2v) is 5.23. The van der Waals surface area contributed by atoms with E-state index in [9.17, 15) is 9.90 Å². The van der Waals surface area contributed by atoms with Gasteiger partial charge in [-0.1, -0.05) is 11.6 Å². The van der Waals surface area contributed by atoms with Crippen molar-refractivity contribution in [3.05, 3.63) is 28.8 Å². The van der Waals surface area contributed by atoms with Crippen LogP contribution in [-0.2, 0) is 9.47 Å². The van der Waals surface area contributed by atoms with E-state index in [0.717, 1.165) is 0 Å². The number of nitrogens with one attached hydrogen (secondary N) is 1. The van der Waals surface area contributed by atoms with Crippen LogP contribution in [0.4, 0.5) is 0 Å². The van der Waals surface area contributed by atoms with Gasteiger partial charge in [-0.05, 0) is 32.0 Å². The molecule has 1 fully saturated rings. The van der Waals surface area contributed by atoms with Crippen molar-refractivity contribution >= 4 is 17.5 Å². The van der Waals surface area contributed by atoms with Crippen LogP contribution in [0.3, 0.4) is 0 Å². The molecule has 1 aliphatic rings. The van der Waals surface area contributed by atoms with Crippen LogP contribution in [-0.4, -0.2) is 36.1 Å². The number of hydrogen-bond acceptors (Lipinski definition) is 4. The van der Waals surface area contributed by atoms with Crippen molar-refractivity contribution in [1.82, 2.24) is 5.32 Å². The molecule has 1 atom stereocenters. The van der Waals surface area contributed by atoms with Gasteiger partial charge in [0.25, 0.3) is 5.91 Å². The Kier molecular flexibility index (Phi) is 3.99. The normalized spacial score (nSPS) is 21.3. The Hall–Kier alpha value is -1.30. The van der Waals surface area contributed by atoms with Gasteiger partial charge in [0.1, 0.15) is 11.9 Å². The molecule has 2 N–H and O–H groups in total. The number of ether oxygens (including phenoxy) is 2. The van der Waals surface area contributed by atoms with Crippen LogP contribution < -0.4 is 5.32 Å². The van der Waals surface area contributed by atoms with Gasteiger partial charge < -0.3 is 19.9 Å². The Morgan fingerprint density at radius 1 is 1.58 bits per heavy atom. The molecule has 0 saturated carbocycles. The fraction of sp³-hybridized carbons (Fsp3) is 0.462. The van der Waals surface area contributed by atoms with E-state index < -0.39 is 5.79 Å². The van der Waals surface area contributed by atoms with Crippen LogP contribution in [0.2, 0.25) is 5.02 Å². The molecule has 0 aromatic heterocycles. The molecule has 1 amide bonds. The topological polar surface area (TPSA) is 67.8 Å². The van der Waals surface area contributed by atoms with Crippen molar-refractivity contribution in [2.24, 2.45) is 0 Å². The summed E-state index contributed by atoms with van der Waals surface area (Å²) >= 11 is 5.75. The predicted octanol–water partition coefficient (Wildman–Crippen LogP) is 1.93. The third kappa shape index (κ3) is 3.59. The summed E-state index contributed by atoms with van der Waals surface area (Å²) in [6.07, 6.45) is -0.161. The smallest absolute Gasteiger partial charge is 0.251 e. The van der Waals surface area contributed by atoms with E-state index in [2.05, 4.69) is 5.32 Å². The number of halogens is 1. The summed E-state index contributed by atoms with van der Waals surface area (Å²) in [4.78, 5) is 11.9. The van der Waals surface area contributed by atoms with Gasteiger partial charge in [-0.25, -0.2) is 0 Å². The van der Waals surface area contributed by atoms with Crippen LogP contribution in [0, 0.1) is 0 Å². The summed E-state index contributed by atoms with van der Waals surface area (Å²) in [7, 11) is 0. The highest BCUT2D eigenvalue weighted by molar-refractivity contribution is 6.32. The van der Waals surface area contributed by atoms with Crippen LogP contribution in [0.1, 0.15) is 24.2 Å². The largest absolute Gasteiger partial charge is 0.506 e. The number of phenols is 1. The van der Waals surface area contributed by atoms with E-state index in [-0.39, 0.29) is 22.8 Å². The average molecular weight is 286 g/mol. The maximum absolute atomic E-state index is 11.9. The molecule has 1 unspecified atom stereocenters. The van der Waals surface area contributed by atoms with Gasteiger partial charge in [0.05, 0.1) is 11.6 Å². The zero-order valence-electron chi connectivity index (χ0n) is 10.8. The van der Waals surface area contributed by atoms with Gasteiger partial charge in [-0.15, -0.1) is 0 Å². The SMILES string of the molecule is CC1(C)OCC(CNC(=O)c2ccc(O)c(Cl)c2)O1. The van der Waals surface area contributed by atoms with Crippen molar-refractivity contribution in [3.63, 3.8) is 0 Å². The lowest BCUT2D eigenvalue weighted by molar-refractivity contribution is -0.137. The van der Waals surface area contributed by atoms with E-state index in [4.69, 9.17) is 21.1 Å². The average Bonchev–Trinajstić information content (AvgIpc) is 2.69. The summed E-state index contributed by atoms with van der Waals surface area (Å²) in [5.74, 6) is -0.917. The number of phenolic OH excluding ortho intramolecular Hbond substituents is 1. The molecule has 1 aliphatic heterocycles. The first-order valence-electron chi connectivity index (χ1n) is 5.96. The zero-order valence-corrected chi connectivity index (χ0v) is 11.5. The van der Waals surface area contributed by atoms with Crippen LogP contribution in [0.5, 0.6) is 5.75 Å². The monoisotopic (exact) mass is 285 g/mol. The van der Waals surface area contributed by atoms with Crippen molar-refractivity contribution < 1.29 is 19.4 Å². The molecule has 1 heterocycles. The second kappa shape index (κ2) is 5.36. The van der Waals surface area contributed by atoms with Crippen molar-refractivity contribution in [3.8, 4) is 5.75 Å². The molecule has 1 aromatic rings. The predicted molar refractivity (Wildman–Crippen MR) is 70.4 cm³/mol. The molecular weight excluding hydrogens is 270 g/mol. The number of hydrogen-bond donors (Lipinski definition) is 2. The zero-order chi connectivity index (χ0) is 14.0.